The normalized spacial score (nSPS) is 12.2. The van der Waals surface area contributed by atoms with Gasteiger partial charge in [0, 0.05) is 0 Å². The minimum Gasteiger partial charge on any atom is -0.481 e. The summed E-state index contributed by atoms with van der Waals surface area (Å²) in [6.07, 6.45) is -1.04. The van der Waals surface area contributed by atoms with Gasteiger partial charge in [0.2, 0.25) is 6.19 Å². The summed E-state index contributed by atoms with van der Waals surface area (Å²) in [6, 6.07) is 0. The molecule has 0 radical (unpaired) electrons. The molecule has 0 spiro atoms. The van der Waals surface area contributed by atoms with Crippen molar-refractivity contribution in [2.75, 3.05) is 0 Å². The van der Waals surface area contributed by atoms with Gasteiger partial charge in [-0.1, -0.05) is 0 Å². The second-order valence-corrected chi connectivity index (χ2v) is 2.77. The van der Waals surface area contributed by atoms with E-state index in [1.807, 2.05) is 0 Å². The molecule has 4 N–H and O–H groups in total. The Bertz CT molecular complexity index is 353. The predicted octanol–water partition coefficient (Wildman–Crippen LogP) is -2.19. The first-order valence-corrected chi connectivity index (χ1v) is 3.83. The summed E-state index contributed by atoms with van der Waals surface area (Å²) in [7, 11) is 0. The van der Waals surface area contributed by atoms with Crippen LogP contribution >= 0.6 is 0 Å². The first-order chi connectivity index (χ1) is 7.31. The number of nitrogens with one attached hydrogen (secondary N) is 1. The van der Waals surface area contributed by atoms with Crippen LogP contribution in [0.2, 0.25) is 0 Å². The molecule has 0 aliphatic heterocycles. The second-order valence-electron chi connectivity index (χ2n) is 2.77. The quantitative estimate of drug-likeness (QED) is 0.182. The van der Waals surface area contributed by atoms with Crippen LogP contribution in [0.1, 0.15) is 12.8 Å². The van der Waals surface area contributed by atoms with Crippen LogP contribution in [0, 0.1) is 11.5 Å². The first kappa shape index (κ1) is 18.3. The molecule has 9 nitrogen and oxygen atoms in total. The number of carbonyl (C=O) groups excluding carboxylic acids is 1. The van der Waals surface area contributed by atoms with Gasteiger partial charge in [0.05, 0.1) is 12.8 Å². The number of hydrogen-bond donors (Lipinski definition) is 4. The maximum absolute atomic E-state index is 10.9. The van der Waals surface area contributed by atoms with Crippen molar-refractivity contribution in [2.24, 2.45) is 0 Å². The van der Waals surface area contributed by atoms with Gasteiger partial charge in [0.15, 0.2) is 5.60 Å². The van der Waals surface area contributed by atoms with Gasteiger partial charge < -0.3 is 20.2 Å². The molecule has 0 fully saturated rings. The summed E-state index contributed by atoms with van der Waals surface area (Å²) >= 11 is 0. The number of rotatable bonds is 6. The molecule has 0 aliphatic carbocycles. The molecule has 1 atom stereocenters. The maximum Gasteiger partial charge on any atom is 2.00 e. The molecule has 0 aromatic heterocycles. The summed E-state index contributed by atoms with van der Waals surface area (Å²) in [5.74, 6) is -4.73. The van der Waals surface area contributed by atoms with E-state index in [2.05, 4.69) is 4.84 Å². The van der Waals surface area contributed by atoms with E-state index in [0.29, 0.717) is 0 Å². The monoisotopic (exact) mass is 272 g/mol. The van der Waals surface area contributed by atoms with Gasteiger partial charge in [-0.3, -0.25) is 4.79 Å². The number of carboxylic acids is 2. The number of hydrogen-bond acceptors (Lipinski definition) is 7. The minimum absolute atomic E-state index is 0. The van der Waals surface area contributed by atoms with Gasteiger partial charge >= 0.3 is 55.6 Å². The number of nitriles is 1. The van der Waals surface area contributed by atoms with Crippen molar-refractivity contribution in [1.29, 1.82) is 5.26 Å². The SMILES string of the molecule is N#CNOC(=O)CC(O)(CC(=O)O)C(=O)O.[Ca+2]. The van der Waals surface area contributed by atoms with E-state index in [4.69, 9.17) is 15.5 Å². The number of aliphatic hydroxyl groups is 1. The van der Waals surface area contributed by atoms with Crippen molar-refractivity contribution < 1.29 is 34.5 Å². The van der Waals surface area contributed by atoms with E-state index in [1.165, 1.54) is 11.7 Å². The molecule has 10 heteroatoms. The van der Waals surface area contributed by atoms with E-state index >= 15 is 0 Å². The van der Waals surface area contributed by atoms with Crippen molar-refractivity contribution >= 4 is 55.6 Å². The Labute approximate surface area is 125 Å². The Kier molecular flexibility index (Phi) is 8.69. The zero-order valence-corrected chi connectivity index (χ0v) is 10.8. The zero-order chi connectivity index (χ0) is 12.8. The number of carboxylic acid groups (broad SMARTS) is 2. The summed E-state index contributed by atoms with van der Waals surface area (Å²) in [5, 5.41) is 34.2. The van der Waals surface area contributed by atoms with Gasteiger partial charge in [-0.15, -0.1) is 0 Å². The van der Waals surface area contributed by atoms with Gasteiger partial charge in [-0.25, -0.2) is 9.59 Å². The van der Waals surface area contributed by atoms with Crippen LogP contribution in [0.4, 0.5) is 0 Å². The number of aliphatic carboxylic acids is 2. The van der Waals surface area contributed by atoms with E-state index in [9.17, 15) is 19.5 Å². The van der Waals surface area contributed by atoms with Crippen molar-refractivity contribution in [3.8, 4) is 6.19 Å². The Hall–Kier alpha value is -1.08. The molecule has 0 heterocycles. The van der Waals surface area contributed by atoms with Crippen LogP contribution in [-0.4, -0.2) is 76.6 Å². The largest absolute Gasteiger partial charge is 2.00 e. The molecule has 0 amide bonds. The topological polar surface area (TPSA) is 157 Å². The standard InChI is InChI=1S/C7H8N2O7.Ca/c8-3-9-16-5(12)2-7(15,6(13)14)1-4(10)11;/h9,15H,1-2H2,(H,10,11)(H,13,14);/q;+2. The van der Waals surface area contributed by atoms with Crippen LogP contribution in [0.25, 0.3) is 0 Å². The van der Waals surface area contributed by atoms with Gasteiger partial charge in [0.25, 0.3) is 0 Å². The van der Waals surface area contributed by atoms with E-state index < -0.39 is 36.4 Å². The van der Waals surface area contributed by atoms with Crippen LogP contribution in [0.15, 0.2) is 0 Å². The van der Waals surface area contributed by atoms with Gasteiger partial charge in [-0.2, -0.15) is 10.7 Å². The second kappa shape index (κ2) is 8.08. The molecule has 0 saturated heterocycles. The van der Waals surface area contributed by atoms with Crippen LogP contribution in [0.5, 0.6) is 0 Å². The van der Waals surface area contributed by atoms with E-state index in [1.54, 1.807) is 0 Å². The molecule has 0 bridgehead atoms. The average molecular weight is 272 g/mol. The van der Waals surface area contributed by atoms with Crippen LogP contribution in [0.3, 0.4) is 0 Å². The molecule has 0 aromatic rings. The average Bonchev–Trinajstić information content (AvgIpc) is 2.12. The smallest absolute Gasteiger partial charge is 0.481 e. The van der Waals surface area contributed by atoms with Crippen molar-refractivity contribution in [2.45, 2.75) is 18.4 Å². The fraction of sp³-hybridized carbons (Fsp3) is 0.429. The zero-order valence-electron chi connectivity index (χ0n) is 8.54. The molecular weight excluding hydrogens is 264 g/mol. The van der Waals surface area contributed by atoms with Crippen molar-refractivity contribution in [3.63, 3.8) is 0 Å². The summed E-state index contributed by atoms with van der Waals surface area (Å²) < 4.78 is 0. The third kappa shape index (κ3) is 6.96. The molecule has 0 saturated carbocycles. The summed E-state index contributed by atoms with van der Waals surface area (Å²) in [5.41, 5.74) is -1.30. The number of carbonyl (C=O) groups is 3. The van der Waals surface area contributed by atoms with Crippen molar-refractivity contribution in [3.05, 3.63) is 0 Å². The van der Waals surface area contributed by atoms with Gasteiger partial charge in [-0.05, 0) is 0 Å². The van der Waals surface area contributed by atoms with Crippen molar-refractivity contribution in [1.82, 2.24) is 5.48 Å². The number of hydroxylamine groups is 1. The molecular formula is C7H8CaN2O7+2. The third-order valence-corrected chi connectivity index (χ3v) is 1.49. The molecule has 1 unspecified atom stereocenters. The molecule has 88 valence electrons. The van der Waals surface area contributed by atoms with Gasteiger partial charge in [0.1, 0.15) is 0 Å². The Balaban J connectivity index is 0. The number of nitrogens with zero attached hydrogens (tertiary/aromatic N) is 1. The molecule has 0 aliphatic rings. The Morgan fingerprint density at radius 2 is 1.82 bits per heavy atom. The molecule has 0 aromatic carbocycles. The first-order valence-electron chi connectivity index (χ1n) is 3.83. The minimum atomic E-state index is -2.76. The van der Waals surface area contributed by atoms with Crippen LogP contribution in [-0.2, 0) is 19.2 Å². The molecule has 17 heavy (non-hydrogen) atoms. The predicted molar refractivity (Wildman–Crippen MR) is 50.1 cm³/mol. The fourth-order valence-electron chi connectivity index (χ4n) is 0.819. The van der Waals surface area contributed by atoms with Crippen LogP contribution < -0.4 is 5.48 Å². The van der Waals surface area contributed by atoms with E-state index in [0.717, 1.165) is 0 Å². The maximum atomic E-state index is 10.9. The summed E-state index contributed by atoms with van der Waals surface area (Å²) in [6.45, 7) is 0. The van der Waals surface area contributed by atoms with E-state index in [-0.39, 0.29) is 37.7 Å². The fourth-order valence-corrected chi connectivity index (χ4v) is 0.819. The Morgan fingerprint density at radius 3 is 2.18 bits per heavy atom. The summed E-state index contributed by atoms with van der Waals surface area (Å²) in [4.78, 5) is 35.6. The Morgan fingerprint density at radius 1 is 1.29 bits per heavy atom. The third-order valence-electron chi connectivity index (χ3n) is 1.49. The molecule has 0 rings (SSSR count).